The molecule has 0 unspecified atom stereocenters. The van der Waals surface area contributed by atoms with E-state index in [2.05, 4.69) is 24.1 Å². The number of ether oxygens (including phenoxy) is 1. The number of nitrogens with two attached hydrogens (primary N) is 1. The molecule has 0 aliphatic heterocycles. The molecule has 5 nitrogen and oxygen atoms in total. The molecule has 0 fully saturated rings. The van der Waals surface area contributed by atoms with E-state index in [1.165, 1.54) is 24.5 Å². The van der Waals surface area contributed by atoms with E-state index in [-0.39, 0.29) is 5.56 Å². The van der Waals surface area contributed by atoms with Gasteiger partial charge in [0.1, 0.15) is 0 Å². The molecule has 0 spiro atoms. The number of methoxy groups -OCH3 is 1. The van der Waals surface area contributed by atoms with Crippen molar-refractivity contribution in [2.75, 3.05) is 18.2 Å². The Balaban J connectivity index is 2.40. The van der Waals surface area contributed by atoms with Crippen molar-refractivity contribution >= 4 is 45.4 Å². The lowest BCUT2D eigenvalue weighted by Crippen LogP contribution is -2.07. The van der Waals surface area contributed by atoms with Crippen molar-refractivity contribution in [1.29, 1.82) is 0 Å². The normalized spacial score (nSPS) is 10.7. The Morgan fingerprint density at radius 2 is 2.19 bits per heavy atom. The number of halogens is 1. The molecule has 0 saturated heterocycles. The van der Waals surface area contributed by atoms with Crippen LogP contribution < -0.4 is 11.1 Å². The van der Waals surface area contributed by atoms with Gasteiger partial charge in [-0.25, -0.2) is 9.78 Å². The van der Waals surface area contributed by atoms with E-state index >= 15 is 0 Å². The fourth-order valence-corrected chi connectivity index (χ4v) is 2.89. The molecule has 0 radical (unpaired) electrons. The van der Waals surface area contributed by atoms with Crippen LogP contribution in [0.4, 0.5) is 16.5 Å². The zero-order chi connectivity index (χ0) is 15.6. The summed E-state index contributed by atoms with van der Waals surface area (Å²) in [5.74, 6) is -0.175. The number of esters is 1. The molecule has 0 amide bonds. The van der Waals surface area contributed by atoms with Gasteiger partial charge in [0.25, 0.3) is 0 Å². The van der Waals surface area contributed by atoms with Crippen molar-refractivity contribution in [3.63, 3.8) is 0 Å². The summed E-state index contributed by atoms with van der Waals surface area (Å²) >= 11 is 7.63. The monoisotopic (exact) mass is 325 g/mol. The molecule has 0 bridgehead atoms. The number of anilines is 3. The number of aromatic nitrogens is 1. The molecule has 1 aromatic heterocycles. The van der Waals surface area contributed by atoms with Crippen LogP contribution in [-0.4, -0.2) is 18.1 Å². The van der Waals surface area contributed by atoms with Crippen molar-refractivity contribution in [3.8, 4) is 0 Å². The Hall–Kier alpha value is -1.79. The molecule has 21 heavy (non-hydrogen) atoms. The Kier molecular flexibility index (Phi) is 4.69. The highest BCUT2D eigenvalue weighted by Crippen LogP contribution is 2.33. The molecule has 112 valence electrons. The van der Waals surface area contributed by atoms with Crippen molar-refractivity contribution in [2.24, 2.45) is 0 Å². The smallest absolute Gasteiger partial charge is 0.340 e. The van der Waals surface area contributed by atoms with E-state index in [9.17, 15) is 4.79 Å². The molecule has 0 saturated carbocycles. The summed E-state index contributed by atoms with van der Waals surface area (Å²) in [7, 11) is 1.31. The van der Waals surface area contributed by atoms with Gasteiger partial charge in [-0.05, 0) is 18.1 Å². The molecule has 0 aliphatic rings. The Morgan fingerprint density at radius 1 is 1.48 bits per heavy atom. The number of carbonyl (C=O) groups is 1. The average Bonchev–Trinajstić information content (AvgIpc) is 2.89. The summed E-state index contributed by atoms with van der Waals surface area (Å²) in [5.41, 5.74) is 7.83. The number of thiazole rings is 1. The summed E-state index contributed by atoms with van der Waals surface area (Å²) in [6, 6.07) is 3.10. The van der Waals surface area contributed by atoms with Gasteiger partial charge < -0.3 is 15.8 Å². The molecule has 2 aromatic rings. The van der Waals surface area contributed by atoms with Gasteiger partial charge in [0, 0.05) is 11.1 Å². The van der Waals surface area contributed by atoms with Crippen molar-refractivity contribution in [3.05, 3.63) is 33.8 Å². The molecular weight excluding hydrogens is 310 g/mol. The highest BCUT2D eigenvalue weighted by molar-refractivity contribution is 7.13. The van der Waals surface area contributed by atoms with E-state index in [4.69, 9.17) is 22.1 Å². The van der Waals surface area contributed by atoms with Crippen LogP contribution in [0.25, 0.3) is 0 Å². The van der Waals surface area contributed by atoms with E-state index in [1.807, 2.05) is 5.38 Å². The first-order chi connectivity index (χ1) is 9.92. The van der Waals surface area contributed by atoms with Crippen LogP contribution in [0.1, 0.15) is 35.8 Å². The zero-order valence-electron chi connectivity index (χ0n) is 11.9. The van der Waals surface area contributed by atoms with E-state index in [0.717, 1.165) is 5.69 Å². The number of hydrogen-bond donors (Lipinski definition) is 2. The number of nitrogens with one attached hydrogen (secondary N) is 1. The standard InChI is InChI=1S/C14H16ClN3O2S/c1-7(2)11-6-21-14(17-11)18-12-9(13(19)20-3)4-8(16)5-10(12)15/h4-7H,16H2,1-3H3,(H,17,18). The van der Waals surface area contributed by atoms with Crippen LogP contribution in [0.3, 0.4) is 0 Å². The molecule has 1 aromatic carbocycles. The number of nitrogen functional groups attached to an aromatic ring is 1. The first kappa shape index (κ1) is 15.6. The van der Waals surface area contributed by atoms with Gasteiger partial charge in [0.15, 0.2) is 5.13 Å². The summed E-state index contributed by atoms with van der Waals surface area (Å²) in [4.78, 5) is 16.3. The molecule has 0 atom stereocenters. The van der Waals surface area contributed by atoms with E-state index in [0.29, 0.717) is 27.4 Å². The second-order valence-corrected chi connectivity index (χ2v) is 6.04. The number of benzene rings is 1. The highest BCUT2D eigenvalue weighted by atomic mass is 35.5. The number of nitrogens with zero attached hydrogens (tertiary/aromatic N) is 1. The number of rotatable bonds is 4. The average molecular weight is 326 g/mol. The van der Waals surface area contributed by atoms with Crippen molar-refractivity contribution in [1.82, 2.24) is 4.98 Å². The van der Waals surface area contributed by atoms with Gasteiger partial charge >= 0.3 is 5.97 Å². The molecule has 1 heterocycles. The molecule has 2 rings (SSSR count). The topological polar surface area (TPSA) is 77.2 Å². The van der Waals surface area contributed by atoms with Gasteiger partial charge in [-0.3, -0.25) is 0 Å². The van der Waals surface area contributed by atoms with Gasteiger partial charge in [-0.1, -0.05) is 25.4 Å². The van der Waals surface area contributed by atoms with Crippen molar-refractivity contribution < 1.29 is 9.53 Å². The summed E-state index contributed by atoms with van der Waals surface area (Å²) < 4.78 is 4.76. The lowest BCUT2D eigenvalue weighted by molar-refractivity contribution is 0.0602. The fraction of sp³-hybridized carbons (Fsp3) is 0.286. The van der Waals surface area contributed by atoms with Gasteiger partial charge in [0.05, 0.1) is 29.1 Å². The van der Waals surface area contributed by atoms with Crippen LogP contribution in [-0.2, 0) is 4.74 Å². The summed E-state index contributed by atoms with van der Waals surface area (Å²) in [6.07, 6.45) is 0. The third-order valence-corrected chi connectivity index (χ3v) is 3.94. The predicted molar refractivity (Wildman–Crippen MR) is 86.7 cm³/mol. The Morgan fingerprint density at radius 3 is 2.76 bits per heavy atom. The highest BCUT2D eigenvalue weighted by Gasteiger charge is 2.17. The second kappa shape index (κ2) is 6.32. The Bertz CT molecular complexity index is 670. The number of hydrogen-bond acceptors (Lipinski definition) is 6. The van der Waals surface area contributed by atoms with Crippen LogP contribution in [0, 0.1) is 0 Å². The van der Waals surface area contributed by atoms with Gasteiger partial charge in [-0.15, -0.1) is 11.3 Å². The first-order valence-corrected chi connectivity index (χ1v) is 7.58. The number of carbonyl (C=O) groups excluding carboxylic acids is 1. The van der Waals surface area contributed by atoms with Crippen LogP contribution in [0.2, 0.25) is 5.02 Å². The lowest BCUT2D eigenvalue weighted by atomic mass is 10.1. The lowest BCUT2D eigenvalue weighted by Gasteiger charge is -2.11. The minimum atomic E-state index is -0.507. The third kappa shape index (κ3) is 3.46. The molecule has 3 N–H and O–H groups in total. The predicted octanol–water partition coefficient (Wildman–Crippen LogP) is 4.03. The maximum Gasteiger partial charge on any atom is 0.340 e. The van der Waals surface area contributed by atoms with Crippen molar-refractivity contribution in [2.45, 2.75) is 19.8 Å². The van der Waals surface area contributed by atoms with Crippen LogP contribution in [0.15, 0.2) is 17.5 Å². The van der Waals surface area contributed by atoms with E-state index < -0.39 is 5.97 Å². The molecular formula is C14H16ClN3O2S. The second-order valence-electron chi connectivity index (χ2n) is 4.77. The zero-order valence-corrected chi connectivity index (χ0v) is 13.5. The van der Waals surface area contributed by atoms with Crippen LogP contribution in [0.5, 0.6) is 0 Å². The minimum absolute atomic E-state index is 0.281. The Labute approximate surface area is 132 Å². The molecule has 7 heteroatoms. The van der Waals surface area contributed by atoms with E-state index in [1.54, 1.807) is 6.07 Å². The quantitative estimate of drug-likeness (QED) is 0.655. The van der Waals surface area contributed by atoms with Crippen LogP contribution >= 0.6 is 22.9 Å². The summed E-state index contributed by atoms with van der Waals surface area (Å²) in [6.45, 7) is 4.13. The van der Waals surface area contributed by atoms with Gasteiger partial charge in [-0.2, -0.15) is 0 Å². The largest absolute Gasteiger partial charge is 0.465 e. The third-order valence-electron chi connectivity index (χ3n) is 2.86. The first-order valence-electron chi connectivity index (χ1n) is 6.32. The maximum absolute atomic E-state index is 11.8. The maximum atomic E-state index is 11.8. The van der Waals surface area contributed by atoms with Gasteiger partial charge in [0.2, 0.25) is 0 Å². The fourth-order valence-electron chi connectivity index (χ4n) is 1.74. The molecule has 0 aliphatic carbocycles. The SMILES string of the molecule is COC(=O)c1cc(N)cc(Cl)c1Nc1nc(C(C)C)cs1. The summed E-state index contributed by atoms with van der Waals surface area (Å²) in [5, 5.41) is 6.05. The minimum Gasteiger partial charge on any atom is -0.465 e.